The molecule has 0 saturated heterocycles. The molecular weight excluding hydrogens is 222 g/mol. The summed E-state index contributed by atoms with van der Waals surface area (Å²) in [6, 6.07) is 0. The summed E-state index contributed by atoms with van der Waals surface area (Å²) in [7, 11) is 1.22. The van der Waals surface area contributed by atoms with Gasteiger partial charge in [-0.1, -0.05) is 0 Å². The Kier molecular flexibility index (Phi) is 3.50. The number of benzene rings is 1. The maximum Gasteiger partial charge on any atom is 0.345 e. The summed E-state index contributed by atoms with van der Waals surface area (Å²) in [5, 5.41) is 11.1. The first kappa shape index (κ1) is 13.2. The zero-order chi connectivity index (χ0) is 13.3. The lowest BCUT2D eigenvalue weighted by molar-refractivity contribution is -0.385. The van der Waals surface area contributed by atoms with Gasteiger partial charge >= 0.3 is 5.97 Å². The monoisotopic (exact) mass is 237 g/mol. The van der Waals surface area contributed by atoms with Crippen LogP contribution >= 0.6 is 0 Å². The molecule has 0 atom stereocenters. The van der Waals surface area contributed by atoms with Gasteiger partial charge in [-0.2, -0.15) is 0 Å². The first-order valence-corrected chi connectivity index (χ1v) is 5.16. The predicted octanol–water partition coefficient (Wildman–Crippen LogP) is 2.62. The van der Waals surface area contributed by atoms with E-state index >= 15 is 0 Å². The second kappa shape index (κ2) is 4.53. The molecule has 5 nitrogen and oxygen atoms in total. The van der Waals surface area contributed by atoms with Gasteiger partial charge in [0.2, 0.25) is 0 Å². The minimum Gasteiger partial charge on any atom is -0.465 e. The molecule has 0 spiro atoms. The first-order valence-electron chi connectivity index (χ1n) is 5.16. The Morgan fingerprint density at radius 2 is 1.53 bits per heavy atom. The summed E-state index contributed by atoms with van der Waals surface area (Å²) in [6.45, 7) is 6.99. The molecule has 0 radical (unpaired) electrons. The fraction of sp³-hybridized carbons (Fsp3) is 0.417. The Morgan fingerprint density at radius 3 is 1.94 bits per heavy atom. The molecule has 92 valence electrons. The minimum absolute atomic E-state index is 0.0538. The van der Waals surface area contributed by atoms with E-state index in [0.717, 1.165) is 11.1 Å². The van der Waals surface area contributed by atoms with E-state index < -0.39 is 10.9 Å². The van der Waals surface area contributed by atoms with E-state index in [4.69, 9.17) is 0 Å². The van der Waals surface area contributed by atoms with E-state index in [1.807, 2.05) is 13.8 Å². The van der Waals surface area contributed by atoms with Crippen LogP contribution in [-0.2, 0) is 4.74 Å². The number of rotatable bonds is 2. The number of nitrogens with zero attached hydrogens (tertiary/aromatic N) is 1. The molecule has 0 N–H and O–H groups in total. The van der Waals surface area contributed by atoms with Crippen LogP contribution in [0.25, 0.3) is 0 Å². The molecule has 0 heterocycles. The molecule has 0 bridgehead atoms. The van der Waals surface area contributed by atoms with Crippen LogP contribution in [0.5, 0.6) is 0 Å². The molecule has 1 aromatic carbocycles. The van der Waals surface area contributed by atoms with Crippen molar-refractivity contribution >= 4 is 11.7 Å². The van der Waals surface area contributed by atoms with E-state index in [2.05, 4.69) is 4.74 Å². The van der Waals surface area contributed by atoms with Crippen molar-refractivity contribution in [3.8, 4) is 0 Å². The second-order valence-corrected chi connectivity index (χ2v) is 3.97. The van der Waals surface area contributed by atoms with Gasteiger partial charge in [0, 0.05) is 5.56 Å². The maximum atomic E-state index is 11.6. The quantitative estimate of drug-likeness (QED) is 0.450. The Labute approximate surface area is 99.5 Å². The lowest BCUT2D eigenvalue weighted by Crippen LogP contribution is -2.12. The van der Waals surface area contributed by atoms with Crippen LogP contribution in [-0.4, -0.2) is 18.0 Å². The summed E-state index contributed by atoms with van der Waals surface area (Å²) >= 11 is 0. The number of carbonyl (C=O) groups excluding carboxylic acids is 1. The zero-order valence-electron chi connectivity index (χ0n) is 10.6. The predicted molar refractivity (Wildman–Crippen MR) is 63.4 cm³/mol. The second-order valence-electron chi connectivity index (χ2n) is 3.97. The fourth-order valence-corrected chi connectivity index (χ4v) is 1.87. The van der Waals surface area contributed by atoms with Gasteiger partial charge in [-0.3, -0.25) is 10.1 Å². The van der Waals surface area contributed by atoms with Gasteiger partial charge in [0.25, 0.3) is 5.69 Å². The fourth-order valence-electron chi connectivity index (χ4n) is 1.87. The molecule has 0 aliphatic rings. The third-order valence-corrected chi connectivity index (χ3v) is 3.23. The van der Waals surface area contributed by atoms with E-state index in [1.54, 1.807) is 13.8 Å². The molecule has 0 aliphatic heterocycles. The topological polar surface area (TPSA) is 69.4 Å². The van der Waals surface area contributed by atoms with E-state index in [9.17, 15) is 14.9 Å². The molecule has 0 aliphatic carbocycles. The molecule has 1 aromatic rings. The van der Waals surface area contributed by atoms with E-state index in [0.29, 0.717) is 11.1 Å². The number of nitro groups is 1. The lowest BCUT2D eigenvalue weighted by Gasteiger charge is -2.13. The molecule has 5 heteroatoms. The van der Waals surface area contributed by atoms with Crippen LogP contribution in [0.3, 0.4) is 0 Å². The van der Waals surface area contributed by atoms with Crippen LogP contribution in [0, 0.1) is 37.8 Å². The summed E-state index contributed by atoms with van der Waals surface area (Å²) in [4.78, 5) is 22.2. The van der Waals surface area contributed by atoms with Crippen molar-refractivity contribution in [2.75, 3.05) is 7.11 Å². The molecule has 17 heavy (non-hydrogen) atoms. The lowest BCUT2D eigenvalue weighted by atomic mass is 9.92. The SMILES string of the molecule is COC(=O)c1c(C)c(C)c(C)c(C)c1[N+](=O)[O-]. The smallest absolute Gasteiger partial charge is 0.345 e. The van der Waals surface area contributed by atoms with Crippen molar-refractivity contribution < 1.29 is 14.5 Å². The Bertz CT molecular complexity index is 506. The number of nitro benzene ring substituents is 1. The average molecular weight is 237 g/mol. The normalized spacial score (nSPS) is 10.2. The van der Waals surface area contributed by atoms with Gasteiger partial charge in [-0.05, 0) is 44.4 Å². The van der Waals surface area contributed by atoms with Crippen LogP contribution in [0.4, 0.5) is 5.69 Å². The highest BCUT2D eigenvalue weighted by molar-refractivity contribution is 5.97. The molecule has 0 unspecified atom stereocenters. The van der Waals surface area contributed by atoms with E-state index in [1.165, 1.54) is 7.11 Å². The van der Waals surface area contributed by atoms with Crippen molar-refractivity contribution in [3.05, 3.63) is 37.9 Å². The van der Waals surface area contributed by atoms with Gasteiger partial charge in [0.1, 0.15) is 5.56 Å². The number of carbonyl (C=O) groups is 1. The minimum atomic E-state index is -0.666. The van der Waals surface area contributed by atoms with Crippen LogP contribution in [0.1, 0.15) is 32.6 Å². The van der Waals surface area contributed by atoms with Gasteiger partial charge in [0.15, 0.2) is 0 Å². The van der Waals surface area contributed by atoms with Crippen LogP contribution < -0.4 is 0 Å². The number of ether oxygens (including phenoxy) is 1. The summed E-state index contributed by atoms with van der Waals surface area (Å²) in [5.41, 5.74) is 2.73. The maximum absolute atomic E-state index is 11.6. The molecule has 0 saturated carbocycles. The molecule has 0 aromatic heterocycles. The van der Waals surface area contributed by atoms with Gasteiger partial charge in [0.05, 0.1) is 12.0 Å². The number of methoxy groups -OCH3 is 1. The average Bonchev–Trinajstić information content (AvgIpc) is 2.29. The molecule has 1 rings (SSSR count). The highest BCUT2D eigenvalue weighted by Crippen LogP contribution is 2.32. The largest absolute Gasteiger partial charge is 0.465 e. The molecule has 0 fully saturated rings. The van der Waals surface area contributed by atoms with Gasteiger partial charge in [-0.25, -0.2) is 4.79 Å². The van der Waals surface area contributed by atoms with E-state index in [-0.39, 0.29) is 11.3 Å². The summed E-state index contributed by atoms with van der Waals surface area (Å²) in [6.07, 6.45) is 0. The van der Waals surface area contributed by atoms with Crippen LogP contribution in [0.15, 0.2) is 0 Å². The first-order chi connectivity index (χ1) is 7.82. The highest BCUT2D eigenvalue weighted by atomic mass is 16.6. The third kappa shape index (κ3) is 2.00. The third-order valence-electron chi connectivity index (χ3n) is 3.23. The van der Waals surface area contributed by atoms with Crippen molar-refractivity contribution in [1.82, 2.24) is 0 Å². The molecular formula is C12H15NO4. The summed E-state index contributed by atoms with van der Waals surface area (Å²) < 4.78 is 4.61. The van der Waals surface area contributed by atoms with Gasteiger partial charge < -0.3 is 4.74 Å². The Balaban J connectivity index is 3.78. The zero-order valence-corrected chi connectivity index (χ0v) is 10.6. The van der Waals surface area contributed by atoms with Crippen molar-refractivity contribution in [1.29, 1.82) is 0 Å². The van der Waals surface area contributed by atoms with Crippen molar-refractivity contribution in [3.63, 3.8) is 0 Å². The standard InChI is InChI=1S/C12H15NO4/c1-6-7(2)9(4)11(13(15)16)10(8(6)3)12(14)17-5/h1-5H3. The van der Waals surface area contributed by atoms with Gasteiger partial charge in [-0.15, -0.1) is 0 Å². The Morgan fingerprint density at radius 1 is 1.06 bits per heavy atom. The molecule has 0 amide bonds. The van der Waals surface area contributed by atoms with Crippen LogP contribution in [0.2, 0.25) is 0 Å². The highest BCUT2D eigenvalue weighted by Gasteiger charge is 2.28. The number of hydrogen-bond donors (Lipinski definition) is 0. The Hall–Kier alpha value is -1.91. The number of hydrogen-bond acceptors (Lipinski definition) is 4. The van der Waals surface area contributed by atoms with Crippen molar-refractivity contribution in [2.24, 2.45) is 0 Å². The summed E-state index contributed by atoms with van der Waals surface area (Å²) in [5.74, 6) is -0.666. The van der Waals surface area contributed by atoms with Crippen molar-refractivity contribution in [2.45, 2.75) is 27.7 Å². The number of esters is 1.